The lowest BCUT2D eigenvalue weighted by Gasteiger charge is -2.13. The van der Waals surface area contributed by atoms with Crippen LogP contribution in [0, 0.1) is 11.6 Å². The zero-order valence-electron chi connectivity index (χ0n) is 10.4. The maximum Gasteiger partial charge on any atom is 0.132 e. The van der Waals surface area contributed by atoms with Crippen molar-refractivity contribution in [1.82, 2.24) is 0 Å². The highest BCUT2D eigenvalue weighted by molar-refractivity contribution is 5.32. The lowest BCUT2D eigenvalue weighted by molar-refractivity contribution is 0.184. The van der Waals surface area contributed by atoms with Crippen molar-refractivity contribution in [1.29, 1.82) is 0 Å². The van der Waals surface area contributed by atoms with Gasteiger partial charge in [-0.05, 0) is 17.2 Å². The molecule has 0 amide bonds. The van der Waals surface area contributed by atoms with Crippen LogP contribution in [0.15, 0.2) is 42.5 Å². The highest BCUT2D eigenvalue weighted by Gasteiger charge is 2.15. The molecule has 0 radical (unpaired) electrons. The Kier molecular flexibility index (Phi) is 4.24. The summed E-state index contributed by atoms with van der Waals surface area (Å²) in [6.07, 6.45) is -1.11. The summed E-state index contributed by atoms with van der Waals surface area (Å²) in [5.41, 5.74) is 1.56. The van der Waals surface area contributed by atoms with Gasteiger partial charge in [0.05, 0.1) is 6.61 Å². The Morgan fingerprint density at radius 2 is 1.79 bits per heavy atom. The third kappa shape index (κ3) is 3.16. The first-order valence-electron chi connectivity index (χ1n) is 5.82. The van der Waals surface area contributed by atoms with E-state index >= 15 is 0 Å². The molecule has 0 saturated heterocycles. The van der Waals surface area contributed by atoms with E-state index in [-0.39, 0.29) is 5.56 Å². The molecule has 1 N–H and O–H groups in total. The van der Waals surface area contributed by atoms with Gasteiger partial charge >= 0.3 is 0 Å². The van der Waals surface area contributed by atoms with Crippen molar-refractivity contribution in [2.45, 2.75) is 12.7 Å². The Morgan fingerprint density at radius 1 is 1.11 bits per heavy atom. The molecule has 100 valence electrons. The average Bonchev–Trinajstić information content (AvgIpc) is 2.39. The first-order valence-corrected chi connectivity index (χ1v) is 5.82. The fraction of sp³-hybridized carbons (Fsp3) is 0.200. The number of hydrogen-bond donors (Lipinski definition) is 1. The molecule has 0 saturated carbocycles. The first-order chi connectivity index (χ1) is 9.11. The molecule has 2 aromatic rings. The second-order valence-corrected chi connectivity index (χ2v) is 4.24. The predicted molar refractivity (Wildman–Crippen MR) is 67.6 cm³/mol. The summed E-state index contributed by atoms with van der Waals surface area (Å²) in [5, 5.41) is 10.1. The standard InChI is InChI=1S/C15H14F2O2/c1-19-9-10-2-4-11(5-3-10)15(18)13-7-6-12(16)8-14(13)17/h2-8,15,18H,9H2,1H3. The normalized spacial score (nSPS) is 12.4. The molecule has 2 aromatic carbocycles. The van der Waals surface area contributed by atoms with Gasteiger partial charge in [0.25, 0.3) is 0 Å². The summed E-state index contributed by atoms with van der Waals surface area (Å²) in [5.74, 6) is -1.42. The highest BCUT2D eigenvalue weighted by Crippen LogP contribution is 2.25. The number of ether oxygens (including phenoxy) is 1. The second-order valence-electron chi connectivity index (χ2n) is 4.24. The maximum atomic E-state index is 13.6. The summed E-state index contributed by atoms with van der Waals surface area (Å²) in [6, 6.07) is 10.1. The first kappa shape index (κ1) is 13.6. The third-order valence-electron chi connectivity index (χ3n) is 2.86. The van der Waals surface area contributed by atoms with Crippen molar-refractivity contribution in [3.8, 4) is 0 Å². The second kappa shape index (κ2) is 5.91. The Morgan fingerprint density at radius 3 is 2.37 bits per heavy atom. The molecule has 19 heavy (non-hydrogen) atoms. The number of rotatable bonds is 4. The number of aliphatic hydroxyl groups is 1. The molecule has 0 aromatic heterocycles. The minimum absolute atomic E-state index is 0.0564. The summed E-state index contributed by atoms with van der Waals surface area (Å²) in [4.78, 5) is 0. The van der Waals surface area contributed by atoms with E-state index < -0.39 is 17.7 Å². The van der Waals surface area contributed by atoms with Crippen LogP contribution in [0.4, 0.5) is 8.78 Å². The van der Waals surface area contributed by atoms with Gasteiger partial charge in [0.1, 0.15) is 17.7 Å². The van der Waals surface area contributed by atoms with Crippen LogP contribution in [0.1, 0.15) is 22.8 Å². The SMILES string of the molecule is COCc1ccc(C(O)c2ccc(F)cc2F)cc1. The van der Waals surface area contributed by atoms with Crippen LogP contribution in [0.25, 0.3) is 0 Å². The Hall–Kier alpha value is -1.78. The number of benzene rings is 2. The molecule has 2 rings (SSSR count). The number of methoxy groups -OCH3 is 1. The molecule has 0 spiro atoms. The van der Waals surface area contributed by atoms with Gasteiger partial charge in [-0.15, -0.1) is 0 Å². The maximum absolute atomic E-state index is 13.6. The zero-order valence-corrected chi connectivity index (χ0v) is 10.4. The number of halogens is 2. The largest absolute Gasteiger partial charge is 0.384 e. The molecule has 1 unspecified atom stereocenters. The summed E-state index contributed by atoms with van der Waals surface area (Å²) in [7, 11) is 1.59. The molecule has 1 atom stereocenters. The average molecular weight is 264 g/mol. The molecule has 2 nitrogen and oxygen atoms in total. The Balaban J connectivity index is 2.25. The van der Waals surface area contributed by atoms with Crippen LogP contribution in [-0.4, -0.2) is 12.2 Å². The fourth-order valence-corrected chi connectivity index (χ4v) is 1.87. The van der Waals surface area contributed by atoms with Crippen molar-refractivity contribution in [3.63, 3.8) is 0 Å². The van der Waals surface area contributed by atoms with Gasteiger partial charge in [-0.3, -0.25) is 0 Å². The smallest absolute Gasteiger partial charge is 0.132 e. The van der Waals surface area contributed by atoms with Gasteiger partial charge in [-0.25, -0.2) is 8.78 Å². The van der Waals surface area contributed by atoms with Crippen molar-refractivity contribution in [3.05, 3.63) is 70.8 Å². The topological polar surface area (TPSA) is 29.5 Å². The number of aliphatic hydroxyl groups excluding tert-OH is 1. The Labute approximate surface area is 110 Å². The van der Waals surface area contributed by atoms with Crippen molar-refractivity contribution in [2.24, 2.45) is 0 Å². The van der Waals surface area contributed by atoms with Gasteiger partial charge < -0.3 is 9.84 Å². The molecule has 0 bridgehead atoms. The zero-order chi connectivity index (χ0) is 13.8. The highest BCUT2D eigenvalue weighted by atomic mass is 19.1. The van der Waals surface area contributed by atoms with E-state index in [1.165, 1.54) is 6.07 Å². The molecular formula is C15H14F2O2. The minimum Gasteiger partial charge on any atom is -0.384 e. The molecule has 4 heteroatoms. The van der Waals surface area contributed by atoms with Gasteiger partial charge in [0, 0.05) is 18.7 Å². The van der Waals surface area contributed by atoms with Crippen molar-refractivity contribution in [2.75, 3.05) is 7.11 Å². The van der Waals surface area contributed by atoms with Gasteiger partial charge in [0.15, 0.2) is 0 Å². The molecule has 0 aliphatic heterocycles. The molecule has 0 aliphatic carbocycles. The predicted octanol–water partition coefficient (Wildman–Crippen LogP) is 3.19. The van der Waals surface area contributed by atoms with E-state index in [1.807, 2.05) is 0 Å². The van der Waals surface area contributed by atoms with Crippen molar-refractivity contribution < 1.29 is 18.6 Å². The number of hydrogen-bond acceptors (Lipinski definition) is 2. The third-order valence-corrected chi connectivity index (χ3v) is 2.86. The molecular weight excluding hydrogens is 250 g/mol. The van der Waals surface area contributed by atoms with Gasteiger partial charge in [-0.2, -0.15) is 0 Å². The quantitative estimate of drug-likeness (QED) is 0.919. The molecule has 0 aliphatic rings. The van der Waals surface area contributed by atoms with Crippen LogP contribution in [0.5, 0.6) is 0 Å². The van der Waals surface area contributed by atoms with Crippen LogP contribution in [-0.2, 0) is 11.3 Å². The molecule has 0 heterocycles. The lowest BCUT2D eigenvalue weighted by Crippen LogP contribution is -2.03. The van der Waals surface area contributed by atoms with E-state index in [2.05, 4.69) is 0 Å². The van der Waals surface area contributed by atoms with E-state index in [0.29, 0.717) is 12.2 Å². The van der Waals surface area contributed by atoms with E-state index in [0.717, 1.165) is 17.7 Å². The van der Waals surface area contributed by atoms with Crippen molar-refractivity contribution >= 4 is 0 Å². The molecule has 0 fully saturated rings. The van der Waals surface area contributed by atoms with E-state index in [4.69, 9.17) is 4.74 Å². The lowest BCUT2D eigenvalue weighted by atomic mass is 10.00. The Bertz CT molecular complexity index is 553. The fourth-order valence-electron chi connectivity index (χ4n) is 1.87. The summed E-state index contributed by atoms with van der Waals surface area (Å²) in [6.45, 7) is 0.473. The summed E-state index contributed by atoms with van der Waals surface area (Å²) < 4.78 is 31.4. The van der Waals surface area contributed by atoms with Crippen LogP contribution >= 0.6 is 0 Å². The minimum atomic E-state index is -1.11. The van der Waals surface area contributed by atoms with Gasteiger partial charge in [0.2, 0.25) is 0 Å². The monoisotopic (exact) mass is 264 g/mol. The van der Waals surface area contributed by atoms with Gasteiger partial charge in [-0.1, -0.05) is 30.3 Å². The van der Waals surface area contributed by atoms with E-state index in [9.17, 15) is 13.9 Å². The summed E-state index contributed by atoms with van der Waals surface area (Å²) >= 11 is 0. The van der Waals surface area contributed by atoms with Crippen LogP contribution in [0.3, 0.4) is 0 Å². The van der Waals surface area contributed by atoms with E-state index in [1.54, 1.807) is 31.4 Å². The van der Waals surface area contributed by atoms with Crippen LogP contribution in [0.2, 0.25) is 0 Å². The van der Waals surface area contributed by atoms with Crippen LogP contribution < -0.4 is 0 Å².